The van der Waals surface area contributed by atoms with Gasteiger partial charge >= 0.3 is 0 Å². The van der Waals surface area contributed by atoms with Crippen LogP contribution in [0.2, 0.25) is 0 Å². The van der Waals surface area contributed by atoms with Crippen molar-refractivity contribution in [2.75, 3.05) is 0 Å². The highest BCUT2D eigenvalue weighted by Gasteiger charge is 2.14. The molecule has 0 saturated heterocycles. The summed E-state index contributed by atoms with van der Waals surface area (Å²) in [5.41, 5.74) is 3.08. The molecule has 0 aliphatic heterocycles. The molecule has 0 fully saturated rings. The quantitative estimate of drug-likeness (QED) is 0.589. The zero-order valence-electron chi connectivity index (χ0n) is 16.0. The third kappa shape index (κ3) is 4.24. The lowest BCUT2D eigenvalue weighted by Gasteiger charge is -2.19. The molecule has 138 valence electrons. The number of aromatic nitrogens is 3. The van der Waals surface area contributed by atoms with Gasteiger partial charge < -0.3 is 0 Å². The van der Waals surface area contributed by atoms with Crippen molar-refractivity contribution < 1.29 is 0 Å². The average molecular weight is 351 g/mol. The third-order valence-corrected chi connectivity index (χ3v) is 5.12. The fraction of sp³-hybridized carbons (Fsp3) is 0.455. The number of hydrogen-bond donors (Lipinski definition) is 1. The number of rotatable bonds is 8. The van der Waals surface area contributed by atoms with Crippen molar-refractivity contribution >= 4 is 10.9 Å². The van der Waals surface area contributed by atoms with Crippen LogP contribution in [0.3, 0.4) is 0 Å². The predicted octanol–water partition coefficient (Wildman–Crippen LogP) is 5.42. The topological polar surface area (TPSA) is 50.7 Å². The van der Waals surface area contributed by atoms with E-state index in [-0.39, 0.29) is 5.56 Å². The second-order valence-corrected chi connectivity index (χ2v) is 7.62. The van der Waals surface area contributed by atoms with Crippen molar-refractivity contribution in [3.05, 3.63) is 58.6 Å². The van der Waals surface area contributed by atoms with Gasteiger partial charge in [0.1, 0.15) is 0 Å². The van der Waals surface area contributed by atoms with Gasteiger partial charge in [0.05, 0.1) is 11.7 Å². The van der Waals surface area contributed by atoms with Crippen molar-refractivity contribution in [3.63, 3.8) is 0 Å². The van der Waals surface area contributed by atoms with Crippen LogP contribution < -0.4 is 5.56 Å². The molecule has 4 heteroatoms. The van der Waals surface area contributed by atoms with E-state index in [1.165, 1.54) is 24.8 Å². The molecule has 1 aromatic carbocycles. The molecule has 3 rings (SSSR count). The second-order valence-electron chi connectivity index (χ2n) is 7.62. The number of H-pyrrole nitrogens is 1. The Morgan fingerprint density at radius 2 is 1.96 bits per heavy atom. The van der Waals surface area contributed by atoms with Crippen LogP contribution in [0.5, 0.6) is 0 Å². The zero-order chi connectivity index (χ0) is 18.5. The smallest absolute Gasteiger partial charge is 0.255 e. The molecule has 0 saturated carbocycles. The van der Waals surface area contributed by atoms with E-state index in [4.69, 9.17) is 0 Å². The van der Waals surface area contributed by atoms with Gasteiger partial charge in [0.25, 0.3) is 5.56 Å². The molecule has 1 unspecified atom stereocenters. The highest BCUT2D eigenvalue weighted by molar-refractivity contribution is 5.80. The second kappa shape index (κ2) is 8.35. The number of pyridine rings is 1. The standard InChI is InChI=1S/C22H29N3O/c1-4-5-6-17(8-7-16(2)3)18-11-12-25(22(26)14-18)20-9-10-21-19(13-20)15-23-24-21/h9-17H,4-8H2,1-3H3,(H,23,24). The summed E-state index contributed by atoms with van der Waals surface area (Å²) in [4.78, 5) is 12.8. The van der Waals surface area contributed by atoms with Crippen LogP contribution in [-0.2, 0) is 0 Å². The summed E-state index contributed by atoms with van der Waals surface area (Å²) in [6.07, 6.45) is 9.63. The molecule has 26 heavy (non-hydrogen) atoms. The molecule has 4 nitrogen and oxygen atoms in total. The van der Waals surface area contributed by atoms with E-state index in [2.05, 4.69) is 37.0 Å². The fourth-order valence-corrected chi connectivity index (χ4v) is 3.50. The summed E-state index contributed by atoms with van der Waals surface area (Å²) in [6, 6.07) is 9.87. The average Bonchev–Trinajstić information content (AvgIpc) is 3.09. The fourth-order valence-electron chi connectivity index (χ4n) is 3.50. The Kier molecular flexibility index (Phi) is 5.92. The van der Waals surface area contributed by atoms with Crippen LogP contribution >= 0.6 is 0 Å². The maximum atomic E-state index is 12.8. The normalized spacial score (nSPS) is 12.8. The maximum absolute atomic E-state index is 12.8. The molecular weight excluding hydrogens is 322 g/mol. The van der Waals surface area contributed by atoms with Crippen LogP contribution in [0.25, 0.3) is 16.6 Å². The van der Waals surface area contributed by atoms with Gasteiger partial charge in [-0.1, -0.05) is 40.0 Å². The lowest BCUT2D eigenvalue weighted by atomic mass is 9.88. The molecule has 1 atom stereocenters. The number of nitrogens with zero attached hydrogens (tertiary/aromatic N) is 2. The largest absolute Gasteiger partial charge is 0.284 e. The summed E-state index contributed by atoms with van der Waals surface area (Å²) in [5, 5.41) is 8.00. The predicted molar refractivity (Wildman–Crippen MR) is 108 cm³/mol. The minimum atomic E-state index is 0.0383. The number of hydrogen-bond acceptors (Lipinski definition) is 2. The first-order valence-corrected chi connectivity index (χ1v) is 9.74. The molecule has 0 radical (unpaired) electrons. The van der Waals surface area contributed by atoms with Crippen LogP contribution in [0.15, 0.2) is 47.5 Å². The van der Waals surface area contributed by atoms with Crippen molar-refractivity contribution in [3.8, 4) is 5.69 Å². The SMILES string of the molecule is CCCCC(CCC(C)C)c1ccn(-c2ccc3[nH]ncc3c2)c(=O)c1. The summed E-state index contributed by atoms with van der Waals surface area (Å²) >= 11 is 0. The molecular formula is C22H29N3O. The summed E-state index contributed by atoms with van der Waals surface area (Å²) < 4.78 is 1.72. The molecule has 0 aliphatic carbocycles. The van der Waals surface area contributed by atoms with E-state index in [9.17, 15) is 4.79 Å². The molecule has 2 aromatic heterocycles. The van der Waals surface area contributed by atoms with E-state index in [1.807, 2.05) is 30.5 Å². The highest BCUT2D eigenvalue weighted by atomic mass is 16.1. The summed E-state index contributed by atoms with van der Waals surface area (Å²) in [5.74, 6) is 1.18. The van der Waals surface area contributed by atoms with Gasteiger partial charge in [-0.2, -0.15) is 5.10 Å². The van der Waals surface area contributed by atoms with Gasteiger partial charge in [-0.25, -0.2) is 0 Å². The maximum Gasteiger partial charge on any atom is 0.255 e. The van der Waals surface area contributed by atoms with Gasteiger partial charge in [0.15, 0.2) is 0 Å². The summed E-state index contributed by atoms with van der Waals surface area (Å²) in [6.45, 7) is 6.76. The molecule has 3 aromatic rings. The van der Waals surface area contributed by atoms with Crippen LogP contribution in [0, 0.1) is 5.92 Å². The number of unbranched alkanes of at least 4 members (excludes halogenated alkanes) is 1. The first-order chi connectivity index (χ1) is 12.6. The Morgan fingerprint density at radius 3 is 2.69 bits per heavy atom. The molecule has 0 aliphatic rings. The van der Waals surface area contributed by atoms with Gasteiger partial charge in [0, 0.05) is 23.3 Å². The molecule has 0 spiro atoms. The summed E-state index contributed by atoms with van der Waals surface area (Å²) in [7, 11) is 0. The highest BCUT2D eigenvalue weighted by Crippen LogP contribution is 2.28. The first-order valence-electron chi connectivity index (χ1n) is 9.74. The van der Waals surface area contributed by atoms with Gasteiger partial charge in [-0.05, 0) is 54.5 Å². The van der Waals surface area contributed by atoms with Crippen molar-refractivity contribution in [2.45, 2.75) is 58.8 Å². The van der Waals surface area contributed by atoms with E-state index < -0.39 is 0 Å². The first kappa shape index (κ1) is 18.4. The van der Waals surface area contributed by atoms with Crippen LogP contribution in [0.1, 0.15) is 64.4 Å². The van der Waals surface area contributed by atoms with Crippen molar-refractivity contribution in [2.24, 2.45) is 5.92 Å². The van der Waals surface area contributed by atoms with Gasteiger partial charge in [0.2, 0.25) is 0 Å². The monoisotopic (exact) mass is 351 g/mol. The Balaban J connectivity index is 1.87. The minimum absolute atomic E-state index is 0.0383. The zero-order valence-corrected chi connectivity index (χ0v) is 16.0. The Morgan fingerprint density at radius 1 is 1.12 bits per heavy atom. The Hall–Kier alpha value is -2.36. The third-order valence-electron chi connectivity index (χ3n) is 5.12. The molecule has 1 N–H and O–H groups in total. The minimum Gasteiger partial charge on any atom is -0.284 e. The number of nitrogens with one attached hydrogen (secondary N) is 1. The lowest BCUT2D eigenvalue weighted by Crippen LogP contribution is -2.18. The van der Waals surface area contributed by atoms with Crippen molar-refractivity contribution in [1.82, 2.24) is 14.8 Å². The van der Waals surface area contributed by atoms with Gasteiger partial charge in [-0.15, -0.1) is 0 Å². The molecule has 0 amide bonds. The van der Waals surface area contributed by atoms with Gasteiger partial charge in [-0.3, -0.25) is 14.5 Å². The van der Waals surface area contributed by atoms with E-state index in [0.717, 1.165) is 29.4 Å². The van der Waals surface area contributed by atoms with Crippen LogP contribution in [0.4, 0.5) is 0 Å². The lowest BCUT2D eigenvalue weighted by molar-refractivity contribution is 0.470. The number of aromatic amines is 1. The van der Waals surface area contributed by atoms with E-state index >= 15 is 0 Å². The number of benzene rings is 1. The Bertz CT molecular complexity index is 907. The molecule has 2 heterocycles. The van der Waals surface area contributed by atoms with Crippen molar-refractivity contribution in [1.29, 1.82) is 0 Å². The molecule has 0 bridgehead atoms. The Labute approximate surface area is 155 Å². The van der Waals surface area contributed by atoms with E-state index in [1.54, 1.807) is 10.8 Å². The van der Waals surface area contributed by atoms with E-state index in [0.29, 0.717) is 11.8 Å². The van der Waals surface area contributed by atoms with Crippen LogP contribution in [-0.4, -0.2) is 14.8 Å². The number of fused-ring (bicyclic) bond motifs is 1.